The van der Waals surface area contributed by atoms with Gasteiger partial charge in [0, 0.05) is 19.0 Å². The van der Waals surface area contributed by atoms with Crippen molar-refractivity contribution >= 4 is 17.7 Å². The second kappa shape index (κ2) is 8.77. The SMILES string of the molecule is CC1CCC(CC2CCC(NC(=O)C3CCC4C(=O)N(C)C(=O)C4C3)CC2)CC1. The Morgan fingerprint density at radius 3 is 2.10 bits per heavy atom. The van der Waals surface area contributed by atoms with Crippen molar-refractivity contribution in [3.05, 3.63) is 0 Å². The maximum Gasteiger partial charge on any atom is 0.232 e. The number of carbonyl (C=O) groups is 3. The van der Waals surface area contributed by atoms with Crippen LogP contribution in [-0.4, -0.2) is 35.7 Å². The van der Waals surface area contributed by atoms with Crippen molar-refractivity contribution in [2.75, 3.05) is 7.05 Å². The first-order valence-electron chi connectivity index (χ1n) is 12.0. The Morgan fingerprint density at radius 2 is 1.45 bits per heavy atom. The van der Waals surface area contributed by atoms with E-state index < -0.39 is 0 Å². The number of hydrogen-bond donors (Lipinski definition) is 1. The lowest BCUT2D eigenvalue weighted by molar-refractivity contribution is -0.138. The van der Waals surface area contributed by atoms with Gasteiger partial charge in [0.25, 0.3) is 0 Å². The van der Waals surface area contributed by atoms with Crippen molar-refractivity contribution in [2.45, 2.75) is 90.0 Å². The highest BCUT2D eigenvalue weighted by Crippen LogP contribution is 2.41. The predicted octanol–water partition coefficient (Wildman–Crippen LogP) is 3.91. The van der Waals surface area contributed by atoms with Gasteiger partial charge < -0.3 is 5.32 Å². The Morgan fingerprint density at radius 1 is 0.862 bits per heavy atom. The van der Waals surface area contributed by atoms with Crippen LogP contribution in [0.25, 0.3) is 0 Å². The second-order valence-corrected chi connectivity index (χ2v) is 10.5. The van der Waals surface area contributed by atoms with Gasteiger partial charge >= 0.3 is 0 Å². The van der Waals surface area contributed by atoms with E-state index in [1.807, 2.05) is 0 Å². The van der Waals surface area contributed by atoms with Gasteiger partial charge in [-0.2, -0.15) is 0 Å². The predicted molar refractivity (Wildman–Crippen MR) is 112 cm³/mol. The van der Waals surface area contributed by atoms with Crippen LogP contribution in [0.3, 0.4) is 0 Å². The van der Waals surface area contributed by atoms with Crippen LogP contribution in [0.4, 0.5) is 0 Å². The van der Waals surface area contributed by atoms with Crippen molar-refractivity contribution in [1.82, 2.24) is 10.2 Å². The number of imide groups is 1. The topological polar surface area (TPSA) is 66.5 Å². The van der Waals surface area contributed by atoms with Crippen LogP contribution in [0.1, 0.15) is 84.0 Å². The first kappa shape index (κ1) is 20.9. The summed E-state index contributed by atoms with van der Waals surface area (Å²) in [5.41, 5.74) is 0. The van der Waals surface area contributed by atoms with E-state index in [4.69, 9.17) is 0 Å². The second-order valence-electron chi connectivity index (χ2n) is 10.5. The van der Waals surface area contributed by atoms with Crippen molar-refractivity contribution < 1.29 is 14.4 Å². The minimum absolute atomic E-state index is 0.0513. The maximum absolute atomic E-state index is 12.8. The molecule has 3 saturated carbocycles. The van der Waals surface area contributed by atoms with Gasteiger partial charge in [-0.3, -0.25) is 19.3 Å². The summed E-state index contributed by atoms with van der Waals surface area (Å²) in [6.07, 6.45) is 13.6. The highest BCUT2D eigenvalue weighted by atomic mass is 16.2. The third-order valence-electron chi connectivity index (χ3n) is 8.51. The zero-order valence-electron chi connectivity index (χ0n) is 18.2. The summed E-state index contributed by atoms with van der Waals surface area (Å²) < 4.78 is 0. The minimum atomic E-state index is -0.272. The van der Waals surface area contributed by atoms with E-state index in [0.717, 1.165) is 37.0 Å². The molecule has 3 amide bonds. The molecule has 0 radical (unpaired) electrons. The highest BCUT2D eigenvalue weighted by Gasteiger charge is 2.49. The average Bonchev–Trinajstić information content (AvgIpc) is 2.95. The van der Waals surface area contributed by atoms with E-state index in [2.05, 4.69) is 12.2 Å². The number of rotatable bonds is 4. The van der Waals surface area contributed by atoms with Crippen LogP contribution in [-0.2, 0) is 14.4 Å². The van der Waals surface area contributed by atoms with Gasteiger partial charge in [0.05, 0.1) is 11.8 Å². The fourth-order valence-corrected chi connectivity index (χ4v) is 6.48. The van der Waals surface area contributed by atoms with Crippen LogP contribution in [0.15, 0.2) is 0 Å². The van der Waals surface area contributed by atoms with Crippen LogP contribution in [0, 0.1) is 35.5 Å². The molecule has 3 unspecified atom stereocenters. The molecule has 0 spiro atoms. The number of likely N-dealkylation sites (tertiary alicyclic amines) is 1. The molecule has 5 nitrogen and oxygen atoms in total. The molecule has 1 heterocycles. The summed E-state index contributed by atoms with van der Waals surface area (Å²) in [5, 5.41) is 3.29. The number of nitrogens with zero attached hydrogens (tertiary/aromatic N) is 1. The Kier molecular flexibility index (Phi) is 6.31. The summed E-state index contributed by atoms with van der Waals surface area (Å²) in [6.45, 7) is 2.38. The summed E-state index contributed by atoms with van der Waals surface area (Å²) >= 11 is 0. The van der Waals surface area contributed by atoms with Gasteiger partial charge in [0.2, 0.25) is 17.7 Å². The molecule has 3 atom stereocenters. The number of amides is 3. The van der Waals surface area contributed by atoms with E-state index in [9.17, 15) is 14.4 Å². The van der Waals surface area contributed by atoms with Gasteiger partial charge in [0.1, 0.15) is 0 Å². The van der Waals surface area contributed by atoms with Gasteiger partial charge in [-0.05, 0) is 69.1 Å². The zero-order valence-corrected chi connectivity index (χ0v) is 18.2. The first-order valence-corrected chi connectivity index (χ1v) is 12.0. The van der Waals surface area contributed by atoms with E-state index >= 15 is 0 Å². The Balaban J connectivity index is 1.20. The lowest BCUT2D eigenvalue weighted by atomic mass is 9.74. The quantitative estimate of drug-likeness (QED) is 0.725. The minimum Gasteiger partial charge on any atom is -0.353 e. The molecule has 0 aromatic rings. The Hall–Kier alpha value is -1.39. The third kappa shape index (κ3) is 4.54. The van der Waals surface area contributed by atoms with Gasteiger partial charge in [0.15, 0.2) is 0 Å². The number of nitrogens with one attached hydrogen (secondary N) is 1. The normalized spacial score (nSPS) is 40.6. The van der Waals surface area contributed by atoms with Gasteiger partial charge in [-0.15, -0.1) is 0 Å². The number of hydrogen-bond acceptors (Lipinski definition) is 3. The average molecular weight is 403 g/mol. The molecular formula is C24H38N2O3. The fraction of sp³-hybridized carbons (Fsp3) is 0.875. The molecule has 0 bridgehead atoms. The van der Waals surface area contributed by atoms with Crippen molar-refractivity contribution in [3.8, 4) is 0 Å². The molecule has 1 aliphatic heterocycles. The smallest absolute Gasteiger partial charge is 0.232 e. The van der Waals surface area contributed by atoms with Gasteiger partial charge in [-0.25, -0.2) is 0 Å². The molecule has 0 aromatic carbocycles. The molecule has 4 aliphatic rings. The van der Waals surface area contributed by atoms with Crippen LogP contribution < -0.4 is 5.32 Å². The lowest BCUT2D eigenvalue weighted by Crippen LogP contribution is -2.43. The van der Waals surface area contributed by atoms with Gasteiger partial charge in [-0.1, -0.05) is 32.6 Å². The Bertz CT molecular complexity index is 632. The van der Waals surface area contributed by atoms with Crippen LogP contribution in [0.2, 0.25) is 0 Å². The highest BCUT2D eigenvalue weighted by molar-refractivity contribution is 6.05. The Labute approximate surface area is 175 Å². The summed E-state index contributed by atoms with van der Waals surface area (Å²) in [7, 11) is 1.57. The number of carbonyl (C=O) groups excluding carboxylic acids is 3. The molecule has 4 rings (SSSR count). The van der Waals surface area contributed by atoms with E-state index in [-0.39, 0.29) is 35.5 Å². The standard InChI is InChI=1S/C24H38N2O3/c1-15-3-5-16(6-4-15)13-17-7-10-19(11-8-17)25-22(27)18-9-12-20-21(14-18)24(29)26(2)23(20)28/h15-21H,3-14H2,1-2H3,(H,25,27). The van der Waals surface area contributed by atoms with Crippen molar-refractivity contribution in [3.63, 3.8) is 0 Å². The summed E-state index contributed by atoms with van der Waals surface area (Å²) in [5.74, 6) is 2.10. The van der Waals surface area contributed by atoms with Crippen LogP contribution >= 0.6 is 0 Å². The van der Waals surface area contributed by atoms with Crippen LogP contribution in [0.5, 0.6) is 0 Å². The van der Waals surface area contributed by atoms with E-state index in [1.165, 1.54) is 49.8 Å². The van der Waals surface area contributed by atoms with Crippen molar-refractivity contribution in [2.24, 2.45) is 35.5 Å². The largest absolute Gasteiger partial charge is 0.353 e. The van der Waals surface area contributed by atoms with E-state index in [0.29, 0.717) is 18.9 Å². The molecule has 0 aromatic heterocycles. The molecule has 4 fully saturated rings. The lowest BCUT2D eigenvalue weighted by Gasteiger charge is -2.35. The molecule has 5 heteroatoms. The number of fused-ring (bicyclic) bond motifs is 1. The molecule has 162 valence electrons. The van der Waals surface area contributed by atoms with E-state index in [1.54, 1.807) is 7.05 Å². The monoisotopic (exact) mass is 402 g/mol. The molecule has 3 aliphatic carbocycles. The summed E-state index contributed by atoms with van der Waals surface area (Å²) in [4.78, 5) is 38.5. The third-order valence-corrected chi connectivity index (χ3v) is 8.51. The zero-order chi connectivity index (χ0) is 20.5. The molecule has 1 saturated heterocycles. The maximum atomic E-state index is 12.8. The molecular weight excluding hydrogens is 364 g/mol. The summed E-state index contributed by atoms with van der Waals surface area (Å²) in [6, 6.07) is 0.298. The first-order chi connectivity index (χ1) is 13.9. The molecule has 1 N–H and O–H groups in total. The van der Waals surface area contributed by atoms with Crippen molar-refractivity contribution in [1.29, 1.82) is 0 Å². The fourth-order valence-electron chi connectivity index (χ4n) is 6.48. The molecule has 29 heavy (non-hydrogen) atoms.